The second kappa shape index (κ2) is 6.10. The molecule has 0 aliphatic heterocycles. The minimum atomic E-state index is -0.802. The first-order chi connectivity index (χ1) is 6.99. The Morgan fingerprint density at radius 1 is 1.13 bits per heavy atom. The van der Waals surface area contributed by atoms with Gasteiger partial charge in [0, 0.05) is 6.08 Å². The van der Waals surface area contributed by atoms with Crippen LogP contribution in [0.3, 0.4) is 0 Å². The van der Waals surface area contributed by atoms with Crippen LogP contribution in [0.15, 0.2) is 27.0 Å². The van der Waals surface area contributed by atoms with Crippen LogP contribution in [0.1, 0.15) is 0 Å². The van der Waals surface area contributed by atoms with Crippen molar-refractivity contribution in [2.75, 3.05) is 0 Å². The summed E-state index contributed by atoms with van der Waals surface area (Å²) in [5, 5.41) is 0. The van der Waals surface area contributed by atoms with Crippen LogP contribution < -0.4 is 23.0 Å². The van der Waals surface area contributed by atoms with E-state index in [4.69, 9.17) is 0 Å². The largest absolute Gasteiger partial charge is 0.370 e. The SMILES string of the molecule is C=CC(=O)ON.O=c1[nH]c(=O)[nH]c(=O)[nH]1. The third-order valence-corrected chi connectivity index (χ3v) is 0.964. The summed E-state index contributed by atoms with van der Waals surface area (Å²) in [6.07, 6.45) is 0.986. The van der Waals surface area contributed by atoms with E-state index in [2.05, 4.69) is 17.3 Å². The van der Waals surface area contributed by atoms with Crippen molar-refractivity contribution in [2.24, 2.45) is 5.90 Å². The number of aromatic amines is 3. The second-order valence-electron chi connectivity index (χ2n) is 2.00. The molecule has 0 aliphatic rings. The molecule has 0 unspecified atom stereocenters. The normalized spacial score (nSPS) is 8.33. The summed E-state index contributed by atoms with van der Waals surface area (Å²) in [6.45, 7) is 3.08. The molecule has 0 fully saturated rings. The maximum Gasteiger partial charge on any atom is 0.348 e. The van der Waals surface area contributed by atoms with Crippen molar-refractivity contribution < 1.29 is 9.63 Å². The standard InChI is InChI=1S/C3H3N3O3.C3H5NO2/c7-1-4-2(8)6-3(9)5-1;1-2-3(5)6-4/h(H3,4,5,6,7,8,9);2H,1,4H2. The minimum Gasteiger partial charge on any atom is -0.370 e. The highest BCUT2D eigenvalue weighted by Crippen LogP contribution is 1.64. The zero-order valence-electron chi connectivity index (χ0n) is 7.40. The molecule has 1 aromatic heterocycles. The second-order valence-corrected chi connectivity index (χ2v) is 2.00. The third-order valence-electron chi connectivity index (χ3n) is 0.964. The highest BCUT2D eigenvalue weighted by atomic mass is 16.7. The van der Waals surface area contributed by atoms with Gasteiger partial charge in [0.15, 0.2) is 0 Å². The van der Waals surface area contributed by atoms with E-state index in [-0.39, 0.29) is 0 Å². The summed E-state index contributed by atoms with van der Waals surface area (Å²) < 4.78 is 0. The Morgan fingerprint density at radius 2 is 1.47 bits per heavy atom. The van der Waals surface area contributed by atoms with Crippen molar-refractivity contribution in [3.63, 3.8) is 0 Å². The summed E-state index contributed by atoms with van der Waals surface area (Å²) >= 11 is 0. The number of hydrogen-bond donors (Lipinski definition) is 4. The van der Waals surface area contributed by atoms with Crippen LogP contribution in [-0.4, -0.2) is 20.9 Å². The lowest BCUT2D eigenvalue weighted by Crippen LogP contribution is -2.34. The van der Waals surface area contributed by atoms with E-state index < -0.39 is 23.0 Å². The fourth-order valence-corrected chi connectivity index (χ4v) is 0.451. The van der Waals surface area contributed by atoms with Crippen molar-refractivity contribution in [1.82, 2.24) is 15.0 Å². The number of rotatable bonds is 1. The minimum absolute atomic E-state index is 0.616. The molecule has 9 nitrogen and oxygen atoms in total. The van der Waals surface area contributed by atoms with Gasteiger partial charge in [-0.15, -0.1) is 0 Å². The molecule has 82 valence electrons. The summed E-state index contributed by atoms with van der Waals surface area (Å²) in [5.41, 5.74) is -2.41. The quantitative estimate of drug-likeness (QED) is 0.297. The van der Waals surface area contributed by atoms with Gasteiger partial charge >= 0.3 is 23.0 Å². The lowest BCUT2D eigenvalue weighted by atomic mass is 10.7. The smallest absolute Gasteiger partial charge is 0.348 e. The van der Waals surface area contributed by atoms with Crippen molar-refractivity contribution in [3.8, 4) is 0 Å². The molecule has 15 heavy (non-hydrogen) atoms. The average Bonchev–Trinajstić information content (AvgIpc) is 2.15. The molecule has 1 aromatic rings. The predicted octanol–water partition coefficient (Wildman–Crippen LogP) is -2.66. The molecule has 0 radical (unpaired) electrons. The molecule has 1 heterocycles. The first kappa shape index (κ1) is 12.6. The Balaban J connectivity index is 0.000000288. The molecule has 0 bridgehead atoms. The first-order valence-corrected chi connectivity index (χ1v) is 3.45. The van der Waals surface area contributed by atoms with Gasteiger partial charge in [0.25, 0.3) is 0 Å². The van der Waals surface area contributed by atoms with E-state index in [1.54, 1.807) is 15.0 Å². The molecule has 0 saturated heterocycles. The van der Waals surface area contributed by atoms with E-state index in [9.17, 15) is 19.2 Å². The Labute approximate surface area is 81.6 Å². The van der Waals surface area contributed by atoms with Gasteiger partial charge in [-0.2, -0.15) is 5.90 Å². The van der Waals surface area contributed by atoms with Crippen molar-refractivity contribution >= 4 is 5.97 Å². The molecular weight excluding hydrogens is 208 g/mol. The highest BCUT2D eigenvalue weighted by molar-refractivity contribution is 5.80. The molecule has 0 saturated carbocycles. The highest BCUT2D eigenvalue weighted by Gasteiger charge is 1.85. The number of aromatic nitrogens is 3. The lowest BCUT2D eigenvalue weighted by molar-refractivity contribution is -0.138. The number of nitrogens with one attached hydrogen (secondary N) is 3. The molecule has 0 atom stereocenters. The monoisotopic (exact) mass is 216 g/mol. The third kappa shape index (κ3) is 5.76. The van der Waals surface area contributed by atoms with Gasteiger partial charge in [0.1, 0.15) is 0 Å². The van der Waals surface area contributed by atoms with Gasteiger partial charge < -0.3 is 4.84 Å². The van der Waals surface area contributed by atoms with Gasteiger partial charge in [0.2, 0.25) is 0 Å². The van der Waals surface area contributed by atoms with E-state index in [1.807, 2.05) is 0 Å². The number of H-pyrrole nitrogens is 3. The van der Waals surface area contributed by atoms with E-state index in [0.29, 0.717) is 0 Å². The summed E-state index contributed by atoms with van der Waals surface area (Å²) in [7, 11) is 0. The maximum atomic E-state index is 10.2. The predicted molar refractivity (Wildman–Crippen MR) is 48.8 cm³/mol. The Bertz CT molecular complexity index is 416. The molecule has 0 aliphatic carbocycles. The molecule has 9 heteroatoms. The van der Waals surface area contributed by atoms with Crippen LogP contribution in [0.4, 0.5) is 0 Å². The summed E-state index contributed by atoms with van der Waals surface area (Å²) in [5.74, 6) is 3.75. The van der Waals surface area contributed by atoms with Crippen LogP contribution >= 0.6 is 0 Å². The Morgan fingerprint density at radius 3 is 1.60 bits per heavy atom. The van der Waals surface area contributed by atoms with E-state index in [0.717, 1.165) is 6.08 Å². The van der Waals surface area contributed by atoms with Crippen LogP contribution in [0.2, 0.25) is 0 Å². The number of nitrogens with two attached hydrogens (primary N) is 1. The molecule has 0 amide bonds. The fourth-order valence-electron chi connectivity index (χ4n) is 0.451. The van der Waals surface area contributed by atoms with Crippen LogP contribution in [0, 0.1) is 0 Å². The van der Waals surface area contributed by atoms with Crippen molar-refractivity contribution in [1.29, 1.82) is 0 Å². The van der Waals surface area contributed by atoms with Crippen LogP contribution in [-0.2, 0) is 9.63 Å². The van der Waals surface area contributed by atoms with Crippen LogP contribution in [0.25, 0.3) is 0 Å². The molecule has 0 aromatic carbocycles. The molecule has 5 N–H and O–H groups in total. The zero-order valence-corrected chi connectivity index (χ0v) is 7.40. The lowest BCUT2D eigenvalue weighted by Gasteiger charge is -1.81. The number of carbonyl (C=O) groups excluding carboxylic acids is 1. The topological polar surface area (TPSA) is 151 Å². The summed E-state index contributed by atoms with van der Waals surface area (Å²) in [4.78, 5) is 49.3. The number of hydrogen-bond acceptors (Lipinski definition) is 6. The fraction of sp³-hybridized carbons (Fsp3) is 0. The van der Waals surface area contributed by atoms with Gasteiger partial charge in [-0.1, -0.05) is 6.58 Å². The molecular formula is C6H8N4O5. The molecule has 1 rings (SSSR count). The summed E-state index contributed by atoms with van der Waals surface area (Å²) in [6, 6.07) is 0. The zero-order chi connectivity index (χ0) is 11.8. The van der Waals surface area contributed by atoms with Gasteiger partial charge in [-0.05, 0) is 0 Å². The number of carbonyl (C=O) groups is 1. The maximum absolute atomic E-state index is 10.2. The first-order valence-electron chi connectivity index (χ1n) is 3.45. The Hall–Kier alpha value is -2.42. The van der Waals surface area contributed by atoms with Gasteiger partial charge in [-0.3, -0.25) is 15.0 Å². The van der Waals surface area contributed by atoms with Crippen molar-refractivity contribution in [3.05, 3.63) is 44.1 Å². The van der Waals surface area contributed by atoms with E-state index in [1.165, 1.54) is 0 Å². The van der Waals surface area contributed by atoms with Crippen molar-refractivity contribution in [2.45, 2.75) is 0 Å². The van der Waals surface area contributed by atoms with Crippen LogP contribution in [0.5, 0.6) is 0 Å². The van der Waals surface area contributed by atoms with Gasteiger partial charge in [0.05, 0.1) is 0 Å². The van der Waals surface area contributed by atoms with Gasteiger partial charge in [-0.25, -0.2) is 19.2 Å². The Kier molecular flexibility index (Phi) is 5.11. The molecule has 0 spiro atoms. The van der Waals surface area contributed by atoms with E-state index >= 15 is 0 Å². The average molecular weight is 216 g/mol.